The van der Waals surface area contributed by atoms with Crippen LogP contribution in [0.3, 0.4) is 0 Å². The lowest BCUT2D eigenvalue weighted by molar-refractivity contribution is -0.127. The minimum Gasteiger partial charge on any atom is -0.496 e. The van der Waals surface area contributed by atoms with Crippen molar-refractivity contribution in [1.29, 1.82) is 0 Å². The number of halogens is 1. The largest absolute Gasteiger partial charge is 0.496 e. The quantitative estimate of drug-likeness (QED) is 0.917. The summed E-state index contributed by atoms with van der Waals surface area (Å²) in [5, 5.41) is 2.88. The molecule has 0 saturated carbocycles. The van der Waals surface area contributed by atoms with Crippen LogP contribution in [0.4, 0.5) is 4.39 Å². The highest BCUT2D eigenvalue weighted by molar-refractivity contribution is 5.82. The summed E-state index contributed by atoms with van der Waals surface area (Å²) in [6.45, 7) is 2.51. The van der Waals surface area contributed by atoms with E-state index in [-0.39, 0.29) is 11.7 Å². The number of fused-ring (bicyclic) bond motifs is 1. The van der Waals surface area contributed by atoms with Crippen molar-refractivity contribution < 1.29 is 18.7 Å². The van der Waals surface area contributed by atoms with Gasteiger partial charge in [0.1, 0.15) is 17.3 Å². The maximum absolute atomic E-state index is 13.2. The van der Waals surface area contributed by atoms with E-state index in [1.54, 1.807) is 13.2 Å². The van der Waals surface area contributed by atoms with E-state index in [0.717, 1.165) is 22.4 Å². The predicted octanol–water partition coefficient (Wildman–Crippen LogP) is 2.81. The van der Waals surface area contributed by atoms with Gasteiger partial charge in [-0.25, -0.2) is 4.39 Å². The Morgan fingerprint density at radius 2 is 2.17 bits per heavy atom. The lowest BCUT2D eigenvalue weighted by Crippen LogP contribution is -2.38. The molecule has 1 aliphatic heterocycles. The number of benzene rings is 2. The number of hydrogen-bond donors (Lipinski definition) is 1. The monoisotopic (exact) mass is 329 g/mol. The van der Waals surface area contributed by atoms with Gasteiger partial charge in [0.15, 0.2) is 6.10 Å². The molecule has 3 rings (SSSR count). The van der Waals surface area contributed by atoms with Crippen LogP contribution in [0.5, 0.6) is 11.5 Å². The Bertz CT molecular complexity index is 760. The van der Waals surface area contributed by atoms with Gasteiger partial charge in [-0.05, 0) is 43.2 Å². The van der Waals surface area contributed by atoms with E-state index >= 15 is 0 Å². The fraction of sp³-hybridized carbons (Fsp3) is 0.316. The Morgan fingerprint density at radius 3 is 2.96 bits per heavy atom. The second kappa shape index (κ2) is 6.91. The molecule has 1 heterocycles. The number of ether oxygens (including phenoxy) is 2. The number of hydrogen-bond acceptors (Lipinski definition) is 3. The van der Waals surface area contributed by atoms with Gasteiger partial charge in [0, 0.05) is 18.5 Å². The van der Waals surface area contributed by atoms with Crippen LogP contribution in [0.2, 0.25) is 0 Å². The van der Waals surface area contributed by atoms with E-state index in [9.17, 15) is 9.18 Å². The first-order chi connectivity index (χ1) is 11.6. The van der Waals surface area contributed by atoms with Gasteiger partial charge in [-0.2, -0.15) is 0 Å². The summed E-state index contributed by atoms with van der Waals surface area (Å²) in [6.07, 6.45) is 0.471. The summed E-state index contributed by atoms with van der Waals surface area (Å²) >= 11 is 0. The van der Waals surface area contributed by atoms with Crippen molar-refractivity contribution in [2.75, 3.05) is 13.7 Å². The van der Waals surface area contributed by atoms with Gasteiger partial charge >= 0.3 is 0 Å². The minimum absolute atomic E-state index is 0.182. The lowest BCUT2D eigenvalue weighted by atomic mass is 10.1. The van der Waals surface area contributed by atoms with Crippen LogP contribution >= 0.6 is 0 Å². The standard InChI is InChI=1S/C19H20FNO3/c1-12-3-5-16(23-2)13(9-12)7-8-21-19(22)18-11-14-10-15(20)4-6-17(14)24-18/h3-6,9-10,18H,7-8,11H2,1-2H3,(H,21,22). The Balaban J connectivity index is 1.55. The summed E-state index contributed by atoms with van der Waals surface area (Å²) in [6, 6.07) is 10.3. The average Bonchev–Trinajstić information content (AvgIpc) is 2.98. The van der Waals surface area contributed by atoms with Crippen molar-refractivity contribution >= 4 is 5.91 Å². The molecule has 1 unspecified atom stereocenters. The van der Waals surface area contributed by atoms with Gasteiger partial charge in [-0.1, -0.05) is 17.7 Å². The zero-order valence-electron chi connectivity index (χ0n) is 13.8. The molecule has 0 radical (unpaired) electrons. The lowest BCUT2D eigenvalue weighted by Gasteiger charge is -2.13. The van der Waals surface area contributed by atoms with E-state index in [1.807, 2.05) is 19.1 Å². The molecule has 0 spiro atoms. The van der Waals surface area contributed by atoms with Gasteiger partial charge in [0.25, 0.3) is 5.91 Å². The van der Waals surface area contributed by atoms with Crippen LogP contribution in [-0.2, 0) is 17.6 Å². The Morgan fingerprint density at radius 1 is 1.33 bits per heavy atom. The predicted molar refractivity (Wildman–Crippen MR) is 89.0 cm³/mol. The highest BCUT2D eigenvalue weighted by atomic mass is 19.1. The number of carbonyl (C=O) groups is 1. The highest BCUT2D eigenvalue weighted by Gasteiger charge is 2.29. The van der Waals surface area contributed by atoms with Gasteiger partial charge in [0.05, 0.1) is 7.11 Å². The number of rotatable bonds is 5. The molecule has 5 heteroatoms. The molecular formula is C19H20FNO3. The number of nitrogens with one attached hydrogen (secondary N) is 1. The molecule has 0 fully saturated rings. The summed E-state index contributed by atoms with van der Waals surface area (Å²) in [5.41, 5.74) is 2.93. The van der Waals surface area contributed by atoms with Crippen molar-refractivity contribution in [2.24, 2.45) is 0 Å². The SMILES string of the molecule is COc1ccc(C)cc1CCNC(=O)C1Cc2cc(F)ccc2O1. The summed E-state index contributed by atoms with van der Waals surface area (Å²) in [4.78, 5) is 12.2. The fourth-order valence-corrected chi connectivity index (χ4v) is 2.90. The summed E-state index contributed by atoms with van der Waals surface area (Å²) in [5.74, 6) is 0.898. The van der Waals surface area contributed by atoms with Gasteiger partial charge < -0.3 is 14.8 Å². The number of methoxy groups -OCH3 is 1. The molecule has 2 aromatic carbocycles. The van der Waals surface area contributed by atoms with Crippen molar-refractivity contribution in [3.8, 4) is 11.5 Å². The molecule has 0 bridgehead atoms. The molecule has 1 N–H and O–H groups in total. The highest BCUT2D eigenvalue weighted by Crippen LogP contribution is 2.29. The number of amides is 1. The maximum atomic E-state index is 13.2. The maximum Gasteiger partial charge on any atom is 0.261 e. The van der Waals surface area contributed by atoms with Gasteiger partial charge in [-0.3, -0.25) is 4.79 Å². The molecule has 2 aromatic rings. The average molecular weight is 329 g/mol. The van der Waals surface area contributed by atoms with Crippen LogP contribution in [-0.4, -0.2) is 25.7 Å². The smallest absolute Gasteiger partial charge is 0.261 e. The normalized spacial score (nSPS) is 15.5. The third-order valence-corrected chi connectivity index (χ3v) is 4.12. The van der Waals surface area contributed by atoms with Gasteiger partial charge in [0.2, 0.25) is 0 Å². The van der Waals surface area contributed by atoms with Crippen LogP contribution in [0.1, 0.15) is 16.7 Å². The van der Waals surface area contributed by atoms with Crippen molar-refractivity contribution in [3.05, 3.63) is 58.9 Å². The fourth-order valence-electron chi connectivity index (χ4n) is 2.90. The van der Waals surface area contributed by atoms with E-state index < -0.39 is 6.10 Å². The molecule has 1 aliphatic rings. The number of aryl methyl sites for hydroxylation is 1. The second-order valence-electron chi connectivity index (χ2n) is 5.92. The van der Waals surface area contributed by atoms with Crippen molar-refractivity contribution in [3.63, 3.8) is 0 Å². The third-order valence-electron chi connectivity index (χ3n) is 4.12. The van der Waals surface area contributed by atoms with E-state index in [2.05, 4.69) is 11.4 Å². The van der Waals surface area contributed by atoms with Crippen molar-refractivity contribution in [1.82, 2.24) is 5.32 Å². The molecule has 4 nitrogen and oxygen atoms in total. The molecule has 0 aliphatic carbocycles. The van der Waals surface area contributed by atoms with Crippen molar-refractivity contribution in [2.45, 2.75) is 25.9 Å². The molecule has 0 saturated heterocycles. The molecule has 1 amide bonds. The van der Waals surface area contributed by atoms with E-state index in [1.165, 1.54) is 12.1 Å². The minimum atomic E-state index is -0.596. The van der Waals surface area contributed by atoms with E-state index in [0.29, 0.717) is 25.1 Å². The first-order valence-corrected chi connectivity index (χ1v) is 7.93. The molecule has 24 heavy (non-hydrogen) atoms. The van der Waals surface area contributed by atoms with Crippen LogP contribution < -0.4 is 14.8 Å². The first-order valence-electron chi connectivity index (χ1n) is 7.93. The zero-order chi connectivity index (χ0) is 17.1. The van der Waals surface area contributed by atoms with Crippen LogP contribution in [0.25, 0.3) is 0 Å². The molecule has 1 atom stereocenters. The number of carbonyl (C=O) groups excluding carboxylic acids is 1. The zero-order valence-corrected chi connectivity index (χ0v) is 13.8. The second-order valence-corrected chi connectivity index (χ2v) is 5.92. The van der Waals surface area contributed by atoms with E-state index in [4.69, 9.17) is 9.47 Å². The molecular weight excluding hydrogens is 309 g/mol. The summed E-state index contributed by atoms with van der Waals surface area (Å²) < 4.78 is 24.1. The Kier molecular flexibility index (Phi) is 4.69. The Hall–Kier alpha value is -2.56. The van der Waals surface area contributed by atoms with Crippen LogP contribution in [0, 0.1) is 12.7 Å². The molecule has 126 valence electrons. The topological polar surface area (TPSA) is 47.6 Å². The third kappa shape index (κ3) is 3.50. The molecule has 0 aromatic heterocycles. The summed E-state index contributed by atoms with van der Waals surface area (Å²) in [7, 11) is 1.63. The Labute approximate surface area is 140 Å². The van der Waals surface area contributed by atoms with Crippen LogP contribution in [0.15, 0.2) is 36.4 Å². The first kappa shape index (κ1) is 16.3. The van der Waals surface area contributed by atoms with Gasteiger partial charge in [-0.15, -0.1) is 0 Å².